The predicted molar refractivity (Wildman–Crippen MR) is 81.8 cm³/mol. The van der Waals surface area contributed by atoms with Crippen molar-refractivity contribution in [3.8, 4) is 0 Å². The van der Waals surface area contributed by atoms with Gasteiger partial charge in [0.05, 0.1) is 5.56 Å². The minimum absolute atomic E-state index is 0.00536. The highest BCUT2D eigenvalue weighted by Crippen LogP contribution is 2.24. The van der Waals surface area contributed by atoms with Gasteiger partial charge in [-0.3, -0.25) is 4.79 Å². The van der Waals surface area contributed by atoms with Crippen molar-refractivity contribution in [1.82, 2.24) is 9.88 Å². The minimum Gasteiger partial charge on any atom is -0.396 e. The lowest BCUT2D eigenvalue weighted by Crippen LogP contribution is -2.40. The largest absolute Gasteiger partial charge is 0.396 e. The molecule has 0 radical (unpaired) electrons. The zero-order valence-corrected chi connectivity index (χ0v) is 13.2. The number of likely N-dealkylation sites (tertiary alicyclic amines) is 1. The summed E-state index contributed by atoms with van der Waals surface area (Å²) in [6.07, 6.45) is 4.51. The summed E-state index contributed by atoms with van der Waals surface area (Å²) in [5.41, 5.74) is 0.589. The number of pyridine rings is 1. The molecule has 2 heterocycles. The number of nitrogens with one attached hydrogen (secondary N) is 1. The van der Waals surface area contributed by atoms with Crippen LogP contribution >= 0.6 is 15.9 Å². The van der Waals surface area contributed by atoms with Crippen molar-refractivity contribution in [1.29, 1.82) is 0 Å². The topological polar surface area (TPSA) is 65.5 Å². The summed E-state index contributed by atoms with van der Waals surface area (Å²) in [7, 11) is 1.76. The van der Waals surface area contributed by atoms with Crippen LogP contribution in [-0.2, 0) is 0 Å². The van der Waals surface area contributed by atoms with Crippen molar-refractivity contribution in [2.24, 2.45) is 5.92 Å². The number of hydrogen-bond acceptors (Lipinski definition) is 4. The third kappa shape index (κ3) is 3.49. The van der Waals surface area contributed by atoms with Gasteiger partial charge in [0.1, 0.15) is 5.82 Å². The number of amides is 1. The molecule has 0 aliphatic carbocycles. The standard InChI is InChI=1S/C14H20BrN3O2/c1-16-13-12(7-11(15)8-17-13)14(20)18-5-2-3-10(9-18)4-6-19/h7-8,10,19H,2-6,9H2,1H3,(H,16,17). The predicted octanol–water partition coefficient (Wildman–Crippen LogP) is 2.12. The molecular formula is C14H20BrN3O2. The van der Waals surface area contributed by atoms with Crippen LogP contribution in [0.2, 0.25) is 0 Å². The Hall–Kier alpha value is -1.14. The lowest BCUT2D eigenvalue weighted by molar-refractivity contribution is 0.0654. The highest BCUT2D eigenvalue weighted by atomic mass is 79.9. The van der Waals surface area contributed by atoms with Crippen LogP contribution in [0.3, 0.4) is 0 Å². The normalized spacial score (nSPS) is 18.9. The summed E-state index contributed by atoms with van der Waals surface area (Å²) in [4.78, 5) is 18.7. The number of halogens is 1. The van der Waals surface area contributed by atoms with E-state index in [1.165, 1.54) is 0 Å². The maximum atomic E-state index is 12.6. The molecule has 2 rings (SSSR count). The van der Waals surface area contributed by atoms with Gasteiger partial charge < -0.3 is 15.3 Å². The van der Waals surface area contributed by atoms with E-state index < -0.39 is 0 Å². The van der Waals surface area contributed by atoms with Gasteiger partial charge in [-0.2, -0.15) is 0 Å². The number of aliphatic hydroxyl groups is 1. The van der Waals surface area contributed by atoms with Crippen molar-refractivity contribution in [2.75, 3.05) is 32.1 Å². The Morgan fingerprint density at radius 2 is 2.45 bits per heavy atom. The molecule has 1 atom stereocenters. The summed E-state index contributed by atoms with van der Waals surface area (Å²) < 4.78 is 0.795. The molecule has 20 heavy (non-hydrogen) atoms. The molecule has 0 bridgehead atoms. The summed E-state index contributed by atoms with van der Waals surface area (Å²) in [6.45, 7) is 1.68. The second-order valence-electron chi connectivity index (χ2n) is 5.07. The first kappa shape index (κ1) is 15.3. The fourth-order valence-electron chi connectivity index (χ4n) is 2.64. The van der Waals surface area contributed by atoms with E-state index in [4.69, 9.17) is 5.11 Å². The molecular weight excluding hydrogens is 322 g/mol. The van der Waals surface area contributed by atoms with E-state index in [1.54, 1.807) is 19.3 Å². The number of piperidine rings is 1. The molecule has 0 saturated carbocycles. The van der Waals surface area contributed by atoms with Gasteiger partial charge in [0.2, 0.25) is 0 Å². The second-order valence-corrected chi connectivity index (χ2v) is 5.99. The van der Waals surface area contributed by atoms with Gasteiger partial charge in [-0.05, 0) is 47.2 Å². The van der Waals surface area contributed by atoms with Gasteiger partial charge in [-0.1, -0.05) is 0 Å². The van der Waals surface area contributed by atoms with Crippen LogP contribution < -0.4 is 5.32 Å². The Morgan fingerprint density at radius 3 is 3.15 bits per heavy atom. The molecule has 6 heteroatoms. The van der Waals surface area contributed by atoms with Gasteiger partial charge in [-0.25, -0.2) is 4.98 Å². The average molecular weight is 342 g/mol. The second kappa shape index (κ2) is 7.04. The van der Waals surface area contributed by atoms with E-state index in [-0.39, 0.29) is 12.5 Å². The van der Waals surface area contributed by atoms with Crippen LogP contribution in [-0.4, -0.2) is 47.6 Å². The van der Waals surface area contributed by atoms with Crippen molar-refractivity contribution >= 4 is 27.7 Å². The maximum Gasteiger partial charge on any atom is 0.257 e. The SMILES string of the molecule is CNc1ncc(Br)cc1C(=O)N1CCCC(CCO)C1. The van der Waals surface area contributed by atoms with E-state index in [0.29, 0.717) is 17.3 Å². The first-order valence-corrected chi connectivity index (χ1v) is 7.68. The first-order chi connectivity index (χ1) is 9.65. The van der Waals surface area contributed by atoms with Crippen LogP contribution in [0.1, 0.15) is 29.6 Å². The number of aliphatic hydroxyl groups excluding tert-OH is 1. The van der Waals surface area contributed by atoms with E-state index in [2.05, 4.69) is 26.2 Å². The van der Waals surface area contributed by atoms with E-state index in [0.717, 1.165) is 36.8 Å². The Balaban J connectivity index is 2.16. The zero-order chi connectivity index (χ0) is 14.5. The molecule has 1 aliphatic rings. The molecule has 1 aliphatic heterocycles. The molecule has 0 spiro atoms. The molecule has 1 unspecified atom stereocenters. The number of nitrogens with zero attached hydrogens (tertiary/aromatic N) is 2. The molecule has 5 nitrogen and oxygen atoms in total. The van der Waals surface area contributed by atoms with Crippen molar-refractivity contribution in [3.05, 3.63) is 22.3 Å². The Kier molecular flexibility index (Phi) is 5.37. The third-order valence-corrected chi connectivity index (χ3v) is 4.10. The number of hydrogen-bond donors (Lipinski definition) is 2. The van der Waals surface area contributed by atoms with E-state index in [1.807, 2.05) is 4.90 Å². The monoisotopic (exact) mass is 341 g/mol. The van der Waals surface area contributed by atoms with Crippen molar-refractivity contribution < 1.29 is 9.90 Å². The van der Waals surface area contributed by atoms with Gasteiger partial charge in [-0.15, -0.1) is 0 Å². The molecule has 2 N–H and O–H groups in total. The number of anilines is 1. The highest BCUT2D eigenvalue weighted by molar-refractivity contribution is 9.10. The molecule has 1 aromatic rings. The Bertz CT molecular complexity index is 479. The van der Waals surface area contributed by atoms with Crippen LogP contribution in [0.4, 0.5) is 5.82 Å². The summed E-state index contributed by atoms with van der Waals surface area (Å²) in [6, 6.07) is 1.80. The van der Waals surface area contributed by atoms with Gasteiger partial charge in [0.15, 0.2) is 0 Å². The van der Waals surface area contributed by atoms with Crippen LogP contribution in [0.25, 0.3) is 0 Å². The van der Waals surface area contributed by atoms with Gasteiger partial charge in [0.25, 0.3) is 5.91 Å². The summed E-state index contributed by atoms with van der Waals surface area (Å²) in [5, 5.41) is 12.0. The summed E-state index contributed by atoms with van der Waals surface area (Å²) in [5.74, 6) is 1.00. The fourth-order valence-corrected chi connectivity index (χ4v) is 2.97. The van der Waals surface area contributed by atoms with Gasteiger partial charge >= 0.3 is 0 Å². The smallest absolute Gasteiger partial charge is 0.257 e. The van der Waals surface area contributed by atoms with E-state index >= 15 is 0 Å². The Morgan fingerprint density at radius 1 is 1.65 bits per heavy atom. The number of carbonyl (C=O) groups is 1. The Labute approximate surface area is 127 Å². The van der Waals surface area contributed by atoms with Gasteiger partial charge in [0, 0.05) is 37.4 Å². The number of rotatable bonds is 4. The molecule has 1 aromatic heterocycles. The molecule has 1 saturated heterocycles. The third-order valence-electron chi connectivity index (χ3n) is 3.67. The first-order valence-electron chi connectivity index (χ1n) is 6.89. The molecule has 1 amide bonds. The lowest BCUT2D eigenvalue weighted by atomic mass is 9.94. The van der Waals surface area contributed by atoms with Crippen LogP contribution in [0.5, 0.6) is 0 Å². The lowest BCUT2D eigenvalue weighted by Gasteiger charge is -2.32. The van der Waals surface area contributed by atoms with E-state index in [9.17, 15) is 4.79 Å². The van der Waals surface area contributed by atoms with Crippen LogP contribution in [0.15, 0.2) is 16.7 Å². The summed E-state index contributed by atoms with van der Waals surface area (Å²) >= 11 is 3.36. The fraction of sp³-hybridized carbons (Fsp3) is 0.571. The highest BCUT2D eigenvalue weighted by Gasteiger charge is 2.26. The molecule has 0 aromatic carbocycles. The molecule has 1 fully saturated rings. The number of aromatic nitrogens is 1. The number of carbonyl (C=O) groups excluding carboxylic acids is 1. The quantitative estimate of drug-likeness (QED) is 0.880. The van der Waals surface area contributed by atoms with Crippen molar-refractivity contribution in [3.63, 3.8) is 0 Å². The minimum atomic E-state index is 0.00536. The van der Waals surface area contributed by atoms with Crippen LogP contribution in [0, 0.1) is 5.92 Å². The maximum absolute atomic E-state index is 12.6. The molecule has 110 valence electrons. The zero-order valence-electron chi connectivity index (χ0n) is 11.6. The average Bonchev–Trinajstić information content (AvgIpc) is 2.47. The van der Waals surface area contributed by atoms with Crippen molar-refractivity contribution in [2.45, 2.75) is 19.3 Å².